The van der Waals surface area contributed by atoms with Crippen LogP contribution in [0.1, 0.15) is 6.92 Å². The lowest BCUT2D eigenvalue weighted by Crippen LogP contribution is -2.11. The van der Waals surface area contributed by atoms with Crippen LogP contribution < -0.4 is 5.73 Å². The van der Waals surface area contributed by atoms with Crippen LogP contribution in [0.15, 0.2) is 18.2 Å². The largest absolute Gasteiger partial charge is 0.369 e. The maximum Gasteiger partial charge on any atom is 0.201 e. The first-order chi connectivity index (χ1) is 8.11. The van der Waals surface area contributed by atoms with E-state index < -0.39 is 10.8 Å². The van der Waals surface area contributed by atoms with Gasteiger partial charge < -0.3 is 10.3 Å². The van der Waals surface area contributed by atoms with Crippen molar-refractivity contribution in [1.82, 2.24) is 9.55 Å². The third-order valence-corrected chi connectivity index (χ3v) is 4.12. The highest BCUT2D eigenvalue weighted by Gasteiger charge is 2.09. The first-order valence-electron chi connectivity index (χ1n) is 5.38. The van der Waals surface area contributed by atoms with E-state index in [2.05, 4.69) is 4.98 Å². The van der Waals surface area contributed by atoms with Crippen molar-refractivity contribution in [2.24, 2.45) is 0 Å². The van der Waals surface area contributed by atoms with Crippen molar-refractivity contribution in [2.75, 3.05) is 17.2 Å². The Hall–Kier alpha value is -1.07. The maximum atomic E-state index is 11.4. The summed E-state index contributed by atoms with van der Waals surface area (Å²) >= 11 is 5.95. The molecule has 0 spiro atoms. The summed E-state index contributed by atoms with van der Waals surface area (Å²) in [5.74, 6) is 1.68. The van der Waals surface area contributed by atoms with Gasteiger partial charge in [0.1, 0.15) is 0 Å². The van der Waals surface area contributed by atoms with Gasteiger partial charge in [-0.2, -0.15) is 0 Å². The molecule has 0 aliphatic rings. The van der Waals surface area contributed by atoms with E-state index in [1.54, 1.807) is 6.07 Å². The predicted octanol–water partition coefficient (Wildman–Crippen LogP) is 2.04. The second-order valence-corrected chi connectivity index (χ2v) is 5.99. The van der Waals surface area contributed by atoms with Crippen molar-refractivity contribution in [3.8, 4) is 0 Å². The van der Waals surface area contributed by atoms with E-state index in [1.807, 2.05) is 23.6 Å². The Labute approximate surface area is 107 Å². The lowest BCUT2D eigenvalue weighted by atomic mass is 10.3. The zero-order valence-corrected chi connectivity index (χ0v) is 11.1. The van der Waals surface area contributed by atoms with Crippen molar-refractivity contribution in [3.05, 3.63) is 23.2 Å². The van der Waals surface area contributed by atoms with Crippen molar-refractivity contribution in [2.45, 2.75) is 13.5 Å². The van der Waals surface area contributed by atoms with E-state index in [0.29, 0.717) is 29.0 Å². The second kappa shape index (κ2) is 5.06. The highest BCUT2D eigenvalue weighted by atomic mass is 35.5. The number of fused-ring (bicyclic) bond motifs is 1. The summed E-state index contributed by atoms with van der Waals surface area (Å²) in [6, 6.07) is 5.45. The fraction of sp³-hybridized carbons (Fsp3) is 0.364. The highest BCUT2D eigenvalue weighted by molar-refractivity contribution is 7.84. The number of imidazole rings is 1. The molecule has 4 nitrogen and oxygen atoms in total. The number of hydrogen-bond donors (Lipinski definition) is 1. The first kappa shape index (κ1) is 12.4. The Morgan fingerprint density at radius 1 is 1.53 bits per heavy atom. The zero-order chi connectivity index (χ0) is 12.4. The molecule has 17 heavy (non-hydrogen) atoms. The summed E-state index contributed by atoms with van der Waals surface area (Å²) in [5.41, 5.74) is 7.55. The minimum atomic E-state index is -0.805. The first-order valence-corrected chi connectivity index (χ1v) is 7.24. The normalized spacial score (nSPS) is 13.1. The molecule has 0 bridgehead atoms. The molecule has 0 radical (unpaired) electrons. The summed E-state index contributed by atoms with van der Waals surface area (Å²) < 4.78 is 13.3. The monoisotopic (exact) mass is 271 g/mol. The van der Waals surface area contributed by atoms with Crippen LogP contribution in [0.4, 0.5) is 5.95 Å². The van der Waals surface area contributed by atoms with Crippen LogP contribution in [0.5, 0.6) is 0 Å². The highest BCUT2D eigenvalue weighted by Crippen LogP contribution is 2.21. The Balaban J connectivity index is 2.35. The Bertz CT molecular complexity index is 567. The van der Waals surface area contributed by atoms with Crippen LogP contribution in [-0.2, 0) is 17.3 Å². The molecule has 1 aromatic carbocycles. The van der Waals surface area contributed by atoms with Gasteiger partial charge in [-0.25, -0.2) is 4.98 Å². The van der Waals surface area contributed by atoms with Crippen LogP contribution in [0.3, 0.4) is 0 Å². The van der Waals surface area contributed by atoms with E-state index in [0.717, 1.165) is 11.0 Å². The van der Waals surface area contributed by atoms with Gasteiger partial charge in [-0.1, -0.05) is 18.5 Å². The van der Waals surface area contributed by atoms with E-state index in [1.165, 1.54) is 0 Å². The third-order valence-electron chi connectivity index (χ3n) is 2.60. The Kier molecular flexibility index (Phi) is 3.69. The molecule has 92 valence electrons. The molecule has 0 aliphatic heterocycles. The van der Waals surface area contributed by atoms with Gasteiger partial charge in [-0.15, -0.1) is 0 Å². The molecule has 2 aromatic rings. The number of anilines is 1. The predicted molar refractivity (Wildman–Crippen MR) is 72.7 cm³/mol. The van der Waals surface area contributed by atoms with Gasteiger partial charge in [0.05, 0.1) is 11.0 Å². The molecule has 0 aliphatic carbocycles. The lowest BCUT2D eigenvalue weighted by molar-refractivity contribution is 0.677. The third kappa shape index (κ3) is 2.61. The number of aromatic nitrogens is 2. The summed E-state index contributed by atoms with van der Waals surface area (Å²) in [6.45, 7) is 2.51. The number of rotatable bonds is 4. The van der Waals surface area contributed by atoms with Gasteiger partial charge in [-0.05, 0) is 18.2 Å². The quantitative estimate of drug-likeness (QED) is 0.926. The topological polar surface area (TPSA) is 60.9 Å². The zero-order valence-electron chi connectivity index (χ0n) is 9.52. The fourth-order valence-corrected chi connectivity index (χ4v) is 2.53. The number of halogens is 1. The average molecular weight is 272 g/mol. The smallest absolute Gasteiger partial charge is 0.201 e. The van der Waals surface area contributed by atoms with Crippen LogP contribution in [-0.4, -0.2) is 25.3 Å². The van der Waals surface area contributed by atoms with Crippen LogP contribution in [0, 0.1) is 0 Å². The van der Waals surface area contributed by atoms with E-state index in [-0.39, 0.29) is 0 Å². The minimum Gasteiger partial charge on any atom is -0.369 e. The van der Waals surface area contributed by atoms with Gasteiger partial charge in [-0.3, -0.25) is 4.21 Å². The summed E-state index contributed by atoms with van der Waals surface area (Å²) in [6.07, 6.45) is 0. The molecule has 0 saturated carbocycles. The van der Waals surface area contributed by atoms with E-state index in [4.69, 9.17) is 17.3 Å². The van der Waals surface area contributed by atoms with Gasteiger partial charge >= 0.3 is 0 Å². The second-order valence-electron chi connectivity index (χ2n) is 3.69. The molecule has 1 aromatic heterocycles. The number of nitrogens with two attached hydrogens (primary N) is 1. The molecule has 1 unspecified atom stereocenters. The van der Waals surface area contributed by atoms with Crippen molar-refractivity contribution in [3.63, 3.8) is 0 Å². The van der Waals surface area contributed by atoms with Gasteiger partial charge in [0.25, 0.3) is 0 Å². The average Bonchev–Trinajstić information content (AvgIpc) is 2.61. The number of hydrogen-bond acceptors (Lipinski definition) is 3. The SMILES string of the molecule is CCS(=O)CCn1c(N)nc2ccc(Cl)cc21. The van der Waals surface area contributed by atoms with Gasteiger partial charge in [0, 0.05) is 33.9 Å². The van der Waals surface area contributed by atoms with Crippen molar-refractivity contribution >= 4 is 39.4 Å². The van der Waals surface area contributed by atoms with Crippen LogP contribution in [0.25, 0.3) is 11.0 Å². The van der Waals surface area contributed by atoms with E-state index in [9.17, 15) is 4.21 Å². The minimum absolute atomic E-state index is 0.440. The summed E-state index contributed by atoms with van der Waals surface area (Å²) in [5, 5.41) is 0.648. The summed E-state index contributed by atoms with van der Waals surface area (Å²) in [4.78, 5) is 4.24. The lowest BCUT2D eigenvalue weighted by Gasteiger charge is -2.05. The van der Waals surface area contributed by atoms with Crippen LogP contribution >= 0.6 is 11.6 Å². The number of nitrogen functional groups attached to an aromatic ring is 1. The molecule has 1 heterocycles. The molecule has 2 N–H and O–H groups in total. The number of aryl methyl sites for hydroxylation is 1. The Morgan fingerprint density at radius 2 is 2.29 bits per heavy atom. The maximum absolute atomic E-state index is 11.4. The molecule has 0 fully saturated rings. The van der Waals surface area contributed by atoms with Crippen LogP contribution in [0.2, 0.25) is 5.02 Å². The van der Waals surface area contributed by atoms with Crippen molar-refractivity contribution < 1.29 is 4.21 Å². The molecule has 0 amide bonds. The molecule has 6 heteroatoms. The van der Waals surface area contributed by atoms with Gasteiger partial charge in [0.2, 0.25) is 5.95 Å². The molecular weight excluding hydrogens is 258 g/mol. The Morgan fingerprint density at radius 3 is 3.00 bits per heavy atom. The van der Waals surface area contributed by atoms with Gasteiger partial charge in [0.15, 0.2) is 0 Å². The standard InChI is InChI=1S/C11H14ClN3OS/c1-2-17(16)6-5-15-10-7-8(12)3-4-9(10)14-11(15)13/h3-4,7H,2,5-6H2,1H3,(H2,13,14). The van der Waals surface area contributed by atoms with Crippen molar-refractivity contribution in [1.29, 1.82) is 0 Å². The number of nitrogens with zero attached hydrogens (tertiary/aromatic N) is 2. The molecular formula is C11H14ClN3OS. The van der Waals surface area contributed by atoms with E-state index >= 15 is 0 Å². The fourth-order valence-electron chi connectivity index (χ4n) is 1.69. The summed E-state index contributed by atoms with van der Waals surface area (Å²) in [7, 11) is -0.805. The molecule has 0 saturated heterocycles. The molecule has 1 atom stereocenters. The molecule has 2 rings (SSSR count). The number of benzene rings is 1.